The van der Waals surface area contributed by atoms with Crippen molar-refractivity contribution in [1.82, 2.24) is 9.78 Å². The molecule has 0 aliphatic heterocycles. The summed E-state index contributed by atoms with van der Waals surface area (Å²) in [6.07, 6.45) is 0. The monoisotopic (exact) mass is 380 g/mol. The first-order valence-corrected chi connectivity index (χ1v) is 8.61. The second-order valence-corrected chi connectivity index (χ2v) is 5.93. The van der Waals surface area contributed by atoms with Gasteiger partial charge in [0.15, 0.2) is 11.5 Å². The molecule has 0 spiro atoms. The molecule has 1 heterocycles. The summed E-state index contributed by atoms with van der Waals surface area (Å²) in [7, 11) is 3.09. The number of carbonyl (C=O) groups excluding carboxylic acids is 1. The minimum absolute atomic E-state index is 0.143. The van der Waals surface area contributed by atoms with Gasteiger partial charge in [-0.15, -0.1) is 0 Å². The van der Waals surface area contributed by atoms with E-state index in [1.807, 2.05) is 30.3 Å². The first-order chi connectivity index (χ1) is 13.6. The molecule has 7 nitrogen and oxygen atoms in total. The summed E-state index contributed by atoms with van der Waals surface area (Å²) in [5, 5.41) is 4.28. The lowest BCUT2D eigenvalue weighted by molar-refractivity contribution is -0.146. The molecule has 0 aliphatic rings. The molecule has 2 aromatic carbocycles. The minimum atomic E-state index is -0.539. The molecule has 0 unspecified atom stereocenters. The van der Waals surface area contributed by atoms with Crippen molar-refractivity contribution >= 4 is 5.97 Å². The molecule has 0 saturated heterocycles. The lowest BCUT2D eigenvalue weighted by Gasteiger charge is -2.11. The average Bonchev–Trinajstić information content (AvgIpc) is 2.74. The molecule has 28 heavy (non-hydrogen) atoms. The van der Waals surface area contributed by atoms with Crippen LogP contribution in [0.15, 0.2) is 65.5 Å². The van der Waals surface area contributed by atoms with E-state index in [2.05, 4.69) is 5.10 Å². The third-order valence-corrected chi connectivity index (χ3v) is 4.07. The molecule has 1 aromatic heterocycles. The molecular formula is C21H20N2O5. The van der Waals surface area contributed by atoms with Crippen LogP contribution in [0.2, 0.25) is 0 Å². The van der Waals surface area contributed by atoms with Crippen LogP contribution in [0.1, 0.15) is 5.56 Å². The van der Waals surface area contributed by atoms with E-state index in [0.717, 1.165) is 15.8 Å². The van der Waals surface area contributed by atoms with Crippen molar-refractivity contribution in [1.29, 1.82) is 0 Å². The van der Waals surface area contributed by atoms with E-state index >= 15 is 0 Å². The molecule has 0 amide bonds. The fraction of sp³-hybridized carbons (Fsp3) is 0.190. The van der Waals surface area contributed by atoms with E-state index in [1.54, 1.807) is 38.5 Å². The predicted octanol–water partition coefficient (Wildman–Crippen LogP) is 2.67. The quantitative estimate of drug-likeness (QED) is 0.587. The van der Waals surface area contributed by atoms with Gasteiger partial charge in [-0.3, -0.25) is 9.59 Å². The normalized spacial score (nSPS) is 10.4. The van der Waals surface area contributed by atoms with E-state index in [9.17, 15) is 9.59 Å². The molecule has 0 radical (unpaired) electrons. The largest absolute Gasteiger partial charge is 0.493 e. The van der Waals surface area contributed by atoms with Gasteiger partial charge in [0.25, 0.3) is 5.56 Å². The van der Waals surface area contributed by atoms with E-state index < -0.39 is 5.97 Å². The van der Waals surface area contributed by atoms with Gasteiger partial charge in [-0.05, 0) is 29.8 Å². The van der Waals surface area contributed by atoms with Crippen LogP contribution in [0.3, 0.4) is 0 Å². The summed E-state index contributed by atoms with van der Waals surface area (Å²) < 4.78 is 16.8. The maximum atomic E-state index is 12.1. The number of esters is 1. The summed E-state index contributed by atoms with van der Waals surface area (Å²) in [6, 6.07) is 17.6. The highest BCUT2D eigenvalue weighted by atomic mass is 16.5. The number of rotatable bonds is 7. The summed E-state index contributed by atoms with van der Waals surface area (Å²) in [4.78, 5) is 24.2. The van der Waals surface area contributed by atoms with Crippen LogP contribution in [0.5, 0.6) is 11.5 Å². The molecule has 3 aromatic rings. The fourth-order valence-corrected chi connectivity index (χ4v) is 2.62. The minimum Gasteiger partial charge on any atom is -0.493 e. The number of benzene rings is 2. The molecular weight excluding hydrogens is 360 g/mol. The Bertz CT molecular complexity index is 1010. The second kappa shape index (κ2) is 8.85. The summed E-state index contributed by atoms with van der Waals surface area (Å²) >= 11 is 0. The van der Waals surface area contributed by atoms with Gasteiger partial charge in [-0.2, -0.15) is 5.10 Å². The second-order valence-electron chi connectivity index (χ2n) is 5.93. The van der Waals surface area contributed by atoms with Gasteiger partial charge in [-0.1, -0.05) is 30.3 Å². The fourth-order valence-electron chi connectivity index (χ4n) is 2.62. The Kier molecular flexibility index (Phi) is 6.06. The molecule has 7 heteroatoms. The maximum absolute atomic E-state index is 12.1. The molecule has 3 rings (SSSR count). The zero-order valence-corrected chi connectivity index (χ0v) is 15.6. The highest BCUT2D eigenvalue weighted by Gasteiger charge is 2.11. The van der Waals surface area contributed by atoms with Crippen molar-refractivity contribution in [3.63, 3.8) is 0 Å². The van der Waals surface area contributed by atoms with Crippen LogP contribution in [0.25, 0.3) is 11.3 Å². The Hall–Kier alpha value is -3.61. The maximum Gasteiger partial charge on any atom is 0.328 e. The Morgan fingerprint density at radius 2 is 1.71 bits per heavy atom. The van der Waals surface area contributed by atoms with Crippen LogP contribution in [-0.2, 0) is 22.7 Å². The van der Waals surface area contributed by atoms with Gasteiger partial charge in [0, 0.05) is 11.6 Å². The lowest BCUT2D eigenvalue weighted by atomic mass is 10.1. The van der Waals surface area contributed by atoms with E-state index in [-0.39, 0.29) is 18.7 Å². The van der Waals surface area contributed by atoms with Gasteiger partial charge < -0.3 is 14.2 Å². The van der Waals surface area contributed by atoms with Crippen LogP contribution in [0, 0.1) is 0 Å². The summed E-state index contributed by atoms with van der Waals surface area (Å²) in [5.74, 6) is 0.591. The van der Waals surface area contributed by atoms with Crippen LogP contribution in [0.4, 0.5) is 0 Å². The Morgan fingerprint density at radius 1 is 0.964 bits per heavy atom. The number of aromatic nitrogens is 2. The Balaban J connectivity index is 1.76. The number of methoxy groups -OCH3 is 2. The SMILES string of the molecule is COc1ccc(-c2ccc(=O)n(CC(=O)OCc3ccccc3)n2)cc1OC. The average molecular weight is 380 g/mol. The van der Waals surface area contributed by atoms with Crippen molar-refractivity contribution in [2.24, 2.45) is 0 Å². The predicted molar refractivity (Wildman–Crippen MR) is 103 cm³/mol. The molecule has 144 valence electrons. The Labute approximate surface area is 162 Å². The third kappa shape index (κ3) is 4.56. The van der Waals surface area contributed by atoms with Crippen molar-refractivity contribution in [2.75, 3.05) is 14.2 Å². The highest BCUT2D eigenvalue weighted by Crippen LogP contribution is 2.31. The zero-order chi connectivity index (χ0) is 19.9. The number of nitrogens with zero attached hydrogens (tertiary/aromatic N) is 2. The molecule has 0 saturated carbocycles. The van der Waals surface area contributed by atoms with Crippen molar-refractivity contribution < 1.29 is 19.0 Å². The number of ether oxygens (including phenoxy) is 3. The standard InChI is InChI=1S/C21H20N2O5/c1-26-18-10-8-16(12-19(18)27-2)17-9-11-20(24)23(22-17)13-21(25)28-14-15-6-4-3-5-7-15/h3-12H,13-14H2,1-2H3. The van der Waals surface area contributed by atoms with E-state index in [4.69, 9.17) is 14.2 Å². The molecule has 0 aliphatic carbocycles. The van der Waals surface area contributed by atoms with Gasteiger partial charge >= 0.3 is 5.97 Å². The number of hydrogen-bond acceptors (Lipinski definition) is 6. The van der Waals surface area contributed by atoms with Crippen molar-refractivity contribution in [3.8, 4) is 22.8 Å². The van der Waals surface area contributed by atoms with Crippen molar-refractivity contribution in [2.45, 2.75) is 13.2 Å². The number of hydrogen-bond donors (Lipinski definition) is 0. The number of carbonyl (C=O) groups is 1. The molecule has 0 fully saturated rings. The van der Waals surface area contributed by atoms with Crippen LogP contribution >= 0.6 is 0 Å². The summed E-state index contributed by atoms with van der Waals surface area (Å²) in [6.45, 7) is -0.128. The Morgan fingerprint density at radius 3 is 2.43 bits per heavy atom. The van der Waals surface area contributed by atoms with Crippen LogP contribution in [-0.4, -0.2) is 30.0 Å². The molecule has 0 atom stereocenters. The summed E-state index contributed by atoms with van der Waals surface area (Å²) in [5.41, 5.74) is 1.73. The van der Waals surface area contributed by atoms with E-state index in [1.165, 1.54) is 6.07 Å². The van der Waals surface area contributed by atoms with Gasteiger partial charge in [0.05, 0.1) is 19.9 Å². The topological polar surface area (TPSA) is 79.7 Å². The van der Waals surface area contributed by atoms with Crippen molar-refractivity contribution in [3.05, 3.63) is 76.6 Å². The van der Waals surface area contributed by atoms with Crippen LogP contribution < -0.4 is 15.0 Å². The smallest absolute Gasteiger partial charge is 0.328 e. The third-order valence-electron chi connectivity index (χ3n) is 4.07. The molecule has 0 N–H and O–H groups in total. The highest BCUT2D eigenvalue weighted by molar-refractivity contribution is 5.69. The van der Waals surface area contributed by atoms with Gasteiger partial charge in [-0.25, -0.2) is 4.68 Å². The lowest BCUT2D eigenvalue weighted by Crippen LogP contribution is -2.27. The van der Waals surface area contributed by atoms with Gasteiger partial charge in [0.1, 0.15) is 13.2 Å². The first kappa shape index (κ1) is 19.2. The molecule has 0 bridgehead atoms. The van der Waals surface area contributed by atoms with E-state index in [0.29, 0.717) is 17.2 Å². The van der Waals surface area contributed by atoms with Gasteiger partial charge in [0.2, 0.25) is 0 Å². The zero-order valence-electron chi connectivity index (χ0n) is 15.6. The first-order valence-electron chi connectivity index (χ1n) is 8.61.